The molecule has 1 unspecified atom stereocenters. The van der Waals surface area contributed by atoms with Crippen molar-refractivity contribution in [2.75, 3.05) is 31.1 Å². The van der Waals surface area contributed by atoms with Gasteiger partial charge in [0, 0.05) is 30.7 Å². The molecule has 4 heteroatoms. The van der Waals surface area contributed by atoms with Gasteiger partial charge in [-0.15, -0.1) is 11.6 Å². The predicted octanol–water partition coefficient (Wildman–Crippen LogP) is 3.62. The molecule has 0 bridgehead atoms. The third-order valence-electron chi connectivity index (χ3n) is 4.78. The minimum atomic E-state index is 0.448. The highest BCUT2D eigenvalue weighted by Gasteiger charge is 2.30. The Balaban J connectivity index is 1.75. The molecule has 2 fully saturated rings. The molecule has 116 valence electrons. The molecule has 3 heterocycles. The first-order valence-electron chi connectivity index (χ1n) is 8.23. The number of anilines is 1. The number of likely N-dealkylation sites (tertiary alicyclic amines) is 1. The summed E-state index contributed by atoms with van der Waals surface area (Å²) in [5.74, 6) is 2.14. The Bertz CT molecular complexity index is 483. The van der Waals surface area contributed by atoms with Gasteiger partial charge in [0.1, 0.15) is 5.82 Å². The topological polar surface area (TPSA) is 19.4 Å². The molecule has 0 radical (unpaired) electrons. The normalized spacial score (nSPS) is 23.4. The number of pyridine rings is 1. The van der Waals surface area contributed by atoms with Gasteiger partial charge in [0.2, 0.25) is 0 Å². The van der Waals surface area contributed by atoms with Gasteiger partial charge in [-0.3, -0.25) is 4.90 Å². The van der Waals surface area contributed by atoms with E-state index in [-0.39, 0.29) is 0 Å². The molecule has 0 saturated carbocycles. The lowest BCUT2D eigenvalue weighted by Gasteiger charge is -2.24. The molecule has 3 nitrogen and oxygen atoms in total. The van der Waals surface area contributed by atoms with Gasteiger partial charge < -0.3 is 4.90 Å². The van der Waals surface area contributed by atoms with E-state index in [4.69, 9.17) is 16.6 Å². The summed E-state index contributed by atoms with van der Waals surface area (Å²) >= 11 is 6.06. The Morgan fingerprint density at radius 1 is 1.24 bits per heavy atom. The second-order valence-electron chi connectivity index (χ2n) is 6.68. The van der Waals surface area contributed by atoms with Crippen LogP contribution in [0.25, 0.3) is 0 Å². The number of halogens is 1. The summed E-state index contributed by atoms with van der Waals surface area (Å²) in [7, 11) is 0. The lowest BCUT2D eigenvalue weighted by molar-refractivity contribution is 0.260. The van der Waals surface area contributed by atoms with Crippen molar-refractivity contribution >= 4 is 17.4 Å². The molecule has 2 aliphatic rings. The summed E-state index contributed by atoms with van der Waals surface area (Å²) in [5.41, 5.74) is 2.35. The molecule has 3 rings (SSSR count). The highest BCUT2D eigenvalue weighted by Crippen LogP contribution is 2.27. The summed E-state index contributed by atoms with van der Waals surface area (Å²) in [6.45, 7) is 9.20. The van der Waals surface area contributed by atoms with Crippen LogP contribution in [0.1, 0.15) is 50.3 Å². The van der Waals surface area contributed by atoms with Gasteiger partial charge in [-0.2, -0.15) is 0 Å². The van der Waals surface area contributed by atoms with Crippen LogP contribution in [0.2, 0.25) is 0 Å². The van der Waals surface area contributed by atoms with E-state index in [0.717, 1.165) is 30.6 Å². The van der Waals surface area contributed by atoms with Gasteiger partial charge in [-0.05, 0) is 56.0 Å². The van der Waals surface area contributed by atoms with Gasteiger partial charge >= 0.3 is 0 Å². The molecule has 0 spiro atoms. The summed E-state index contributed by atoms with van der Waals surface area (Å²) in [6, 6.07) is 5.04. The molecule has 1 aromatic rings. The second kappa shape index (κ2) is 6.53. The predicted molar refractivity (Wildman–Crippen MR) is 89.3 cm³/mol. The fraction of sp³-hybridized carbons (Fsp3) is 0.706. The van der Waals surface area contributed by atoms with Crippen molar-refractivity contribution in [3.8, 4) is 0 Å². The van der Waals surface area contributed by atoms with Gasteiger partial charge in [0.15, 0.2) is 0 Å². The monoisotopic (exact) mass is 307 g/mol. The molecule has 1 atom stereocenters. The third kappa shape index (κ3) is 3.35. The average Bonchev–Trinajstić information content (AvgIpc) is 3.17. The van der Waals surface area contributed by atoms with Crippen molar-refractivity contribution in [1.82, 2.24) is 9.88 Å². The molecule has 0 aromatic carbocycles. The van der Waals surface area contributed by atoms with E-state index in [2.05, 4.69) is 35.8 Å². The SMILES string of the molecule is CC(C)c1cc(CCl)cc(N2CCC(N3CCCC3)C2)n1. The summed E-state index contributed by atoms with van der Waals surface area (Å²) in [5, 5.41) is 0. The van der Waals surface area contributed by atoms with Crippen molar-refractivity contribution in [1.29, 1.82) is 0 Å². The molecule has 21 heavy (non-hydrogen) atoms. The summed E-state index contributed by atoms with van der Waals surface area (Å²) < 4.78 is 0. The van der Waals surface area contributed by atoms with E-state index in [1.165, 1.54) is 37.9 Å². The maximum atomic E-state index is 6.06. The van der Waals surface area contributed by atoms with E-state index in [1.807, 2.05) is 0 Å². The van der Waals surface area contributed by atoms with Crippen LogP contribution < -0.4 is 4.90 Å². The molecule has 0 amide bonds. The van der Waals surface area contributed by atoms with Gasteiger partial charge in [-0.1, -0.05) is 13.8 Å². The van der Waals surface area contributed by atoms with Gasteiger partial charge in [0.25, 0.3) is 0 Å². The van der Waals surface area contributed by atoms with Crippen molar-refractivity contribution < 1.29 is 0 Å². The minimum Gasteiger partial charge on any atom is -0.355 e. The molecule has 2 aliphatic heterocycles. The van der Waals surface area contributed by atoms with E-state index in [1.54, 1.807) is 0 Å². The number of hydrogen-bond donors (Lipinski definition) is 0. The van der Waals surface area contributed by atoms with Gasteiger partial charge in [0.05, 0.1) is 0 Å². The van der Waals surface area contributed by atoms with Crippen LogP contribution in [0.3, 0.4) is 0 Å². The summed E-state index contributed by atoms with van der Waals surface area (Å²) in [6.07, 6.45) is 4.01. The van der Waals surface area contributed by atoms with E-state index >= 15 is 0 Å². The van der Waals surface area contributed by atoms with Gasteiger partial charge in [-0.25, -0.2) is 4.98 Å². The fourth-order valence-electron chi connectivity index (χ4n) is 3.48. The smallest absolute Gasteiger partial charge is 0.129 e. The average molecular weight is 308 g/mol. The molecule has 1 aromatic heterocycles. The first-order valence-corrected chi connectivity index (χ1v) is 8.76. The number of hydrogen-bond acceptors (Lipinski definition) is 3. The first-order chi connectivity index (χ1) is 10.2. The Labute approximate surface area is 133 Å². The molecular formula is C17H26ClN3. The largest absolute Gasteiger partial charge is 0.355 e. The van der Waals surface area contributed by atoms with Crippen molar-refractivity contribution in [2.24, 2.45) is 0 Å². The molecule has 0 N–H and O–H groups in total. The Morgan fingerprint density at radius 2 is 2.00 bits per heavy atom. The number of alkyl halides is 1. The Kier molecular flexibility index (Phi) is 4.70. The highest BCUT2D eigenvalue weighted by atomic mass is 35.5. The maximum absolute atomic E-state index is 6.06. The van der Waals surface area contributed by atoms with Crippen LogP contribution in [0.5, 0.6) is 0 Å². The molecular weight excluding hydrogens is 282 g/mol. The zero-order valence-corrected chi connectivity index (χ0v) is 13.9. The third-order valence-corrected chi connectivity index (χ3v) is 5.09. The van der Waals surface area contributed by atoms with Crippen LogP contribution >= 0.6 is 11.6 Å². The van der Waals surface area contributed by atoms with Crippen LogP contribution in [-0.4, -0.2) is 42.1 Å². The quantitative estimate of drug-likeness (QED) is 0.792. The second-order valence-corrected chi connectivity index (χ2v) is 6.95. The van der Waals surface area contributed by atoms with Crippen LogP contribution in [-0.2, 0) is 5.88 Å². The first kappa shape index (κ1) is 15.1. The fourth-order valence-corrected chi connectivity index (χ4v) is 3.64. The standard InChI is InChI=1S/C17H26ClN3/c1-13(2)16-9-14(11-18)10-17(19-16)21-8-5-15(12-21)20-6-3-4-7-20/h9-10,13,15H,3-8,11-12H2,1-2H3. The van der Waals surface area contributed by atoms with Crippen LogP contribution in [0.4, 0.5) is 5.82 Å². The van der Waals surface area contributed by atoms with Crippen molar-refractivity contribution in [3.63, 3.8) is 0 Å². The Hall–Kier alpha value is -0.800. The van der Waals surface area contributed by atoms with Crippen molar-refractivity contribution in [2.45, 2.75) is 50.9 Å². The van der Waals surface area contributed by atoms with Crippen LogP contribution in [0, 0.1) is 0 Å². The van der Waals surface area contributed by atoms with E-state index in [0.29, 0.717) is 11.8 Å². The van der Waals surface area contributed by atoms with E-state index in [9.17, 15) is 0 Å². The lowest BCUT2D eigenvalue weighted by Crippen LogP contribution is -2.35. The highest BCUT2D eigenvalue weighted by molar-refractivity contribution is 6.17. The Morgan fingerprint density at radius 3 is 2.67 bits per heavy atom. The number of aromatic nitrogens is 1. The maximum Gasteiger partial charge on any atom is 0.129 e. The number of nitrogens with zero attached hydrogens (tertiary/aromatic N) is 3. The zero-order valence-electron chi connectivity index (χ0n) is 13.2. The minimum absolute atomic E-state index is 0.448. The van der Waals surface area contributed by atoms with E-state index < -0.39 is 0 Å². The molecule has 2 saturated heterocycles. The zero-order chi connectivity index (χ0) is 14.8. The lowest BCUT2D eigenvalue weighted by atomic mass is 10.1. The number of rotatable bonds is 4. The van der Waals surface area contributed by atoms with Crippen LogP contribution in [0.15, 0.2) is 12.1 Å². The summed E-state index contributed by atoms with van der Waals surface area (Å²) in [4.78, 5) is 9.98. The molecule has 0 aliphatic carbocycles. The van der Waals surface area contributed by atoms with Crippen molar-refractivity contribution in [3.05, 3.63) is 23.4 Å².